The average Bonchev–Trinajstić information content (AvgIpc) is 2.88. The Morgan fingerprint density at radius 2 is 2.04 bits per heavy atom. The minimum absolute atomic E-state index is 0.0376. The van der Waals surface area contributed by atoms with E-state index in [1.807, 2.05) is 18.2 Å². The lowest BCUT2D eigenvalue weighted by molar-refractivity contribution is -0.137. The minimum atomic E-state index is -0.784. The molecule has 1 aromatic rings. The molecule has 0 saturated heterocycles. The highest BCUT2D eigenvalue weighted by Crippen LogP contribution is 2.39. The Kier molecular flexibility index (Phi) is 9.59. The number of carboxylic acid groups (broad SMARTS) is 1. The van der Waals surface area contributed by atoms with Gasteiger partial charge in [0.15, 0.2) is 0 Å². The number of carbonyl (C=O) groups is 1. The maximum atomic E-state index is 10.5. The third kappa shape index (κ3) is 7.28. The summed E-state index contributed by atoms with van der Waals surface area (Å²) < 4.78 is 5.90. The summed E-state index contributed by atoms with van der Waals surface area (Å²) in [4.78, 5) is 10.5. The first-order valence-corrected chi connectivity index (χ1v) is 10.4. The zero-order valence-corrected chi connectivity index (χ0v) is 17.3. The van der Waals surface area contributed by atoms with Gasteiger partial charge >= 0.3 is 5.97 Å². The number of ether oxygens (including phenoxy) is 1. The molecule has 3 N–H and O–H groups in total. The minimum Gasteiger partial charge on any atom is -0.493 e. The van der Waals surface area contributed by atoms with Crippen LogP contribution in [-0.4, -0.2) is 46.0 Å². The first kappa shape index (κ1) is 23.0. The van der Waals surface area contributed by atoms with Crippen molar-refractivity contribution in [3.63, 3.8) is 0 Å². The highest BCUT2D eigenvalue weighted by molar-refractivity contribution is 6.30. The zero-order chi connectivity index (χ0) is 20.5. The Labute approximate surface area is 175 Å². The lowest BCUT2D eigenvalue weighted by atomic mass is 9.92. The van der Waals surface area contributed by atoms with Crippen molar-refractivity contribution in [1.29, 1.82) is 0 Å². The number of aliphatic carboxylic acids is 1. The van der Waals surface area contributed by atoms with Crippen molar-refractivity contribution in [2.75, 3.05) is 13.2 Å². The van der Waals surface area contributed by atoms with Gasteiger partial charge in [-0.25, -0.2) is 0 Å². The molecule has 0 amide bonds. The summed E-state index contributed by atoms with van der Waals surface area (Å²) in [5, 5.41) is 28.6. The van der Waals surface area contributed by atoms with Crippen LogP contribution in [0, 0.1) is 11.8 Å². The van der Waals surface area contributed by atoms with Gasteiger partial charge < -0.3 is 20.1 Å². The first-order chi connectivity index (χ1) is 13.4. The van der Waals surface area contributed by atoms with Crippen LogP contribution in [0.1, 0.15) is 37.7 Å². The van der Waals surface area contributed by atoms with Crippen molar-refractivity contribution >= 4 is 29.2 Å². The van der Waals surface area contributed by atoms with Crippen molar-refractivity contribution in [3.05, 3.63) is 40.9 Å². The summed E-state index contributed by atoms with van der Waals surface area (Å²) in [6.45, 7) is 0.372. The Bertz CT molecular complexity index is 664. The summed E-state index contributed by atoms with van der Waals surface area (Å²) in [6, 6.07) is 5.36. The van der Waals surface area contributed by atoms with E-state index in [0.717, 1.165) is 12.0 Å². The molecule has 0 aliphatic heterocycles. The second-order valence-corrected chi connectivity index (χ2v) is 8.22. The van der Waals surface area contributed by atoms with Gasteiger partial charge in [-0.3, -0.25) is 4.79 Å². The van der Waals surface area contributed by atoms with Crippen LogP contribution in [0.2, 0.25) is 5.02 Å². The molecule has 1 saturated carbocycles. The molecule has 4 atom stereocenters. The number of aliphatic hydroxyl groups is 2. The third-order valence-corrected chi connectivity index (χ3v) is 5.81. The molecule has 156 valence electrons. The number of hydrogen-bond donors (Lipinski definition) is 3. The molecule has 7 heteroatoms. The highest BCUT2D eigenvalue weighted by atomic mass is 35.5. The predicted molar refractivity (Wildman–Crippen MR) is 110 cm³/mol. The molecule has 1 fully saturated rings. The standard InChI is InChI=1S/C21H28Cl2O5/c22-15-9-14(7-8-24)10-16(11-15)28-13-18-17(19(23)12-20(18)25)5-3-1-2-4-6-21(26)27/h1,3,9-11,17-20,24-25H,2,4-8,12-13H2,(H,26,27)/b3-1-/t17-,18-,19-,20-/m1/s1. The topological polar surface area (TPSA) is 87.0 Å². The van der Waals surface area contributed by atoms with Crippen LogP contribution in [0.25, 0.3) is 0 Å². The van der Waals surface area contributed by atoms with Crippen LogP contribution >= 0.6 is 23.2 Å². The first-order valence-electron chi connectivity index (χ1n) is 9.62. The molecule has 0 radical (unpaired) electrons. The molecule has 0 unspecified atom stereocenters. The van der Waals surface area contributed by atoms with Gasteiger partial charge in [0.25, 0.3) is 0 Å². The van der Waals surface area contributed by atoms with Crippen molar-refractivity contribution in [3.8, 4) is 5.75 Å². The van der Waals surface area contributed by atoms with Gasteiger partial charge in [-0.05, 0) is 61.8 Å². The molecule has 28 heavy (non-hydrogen) atoms. The summed E-state index contributed by atoms with van der Waals surface area (Å²) in [7, 11) is 0. The SMILES string of the molecule is O=C(O)CCC/C=C\C[C@@H]1[C@@H](COc2cc(Cl)cc(CCO)c2)[C@H](O)C[C@H]1Cl. The highest BCUT2D eigenvalue weighted by Gasteiger charge is 2.41. The lowest BCUT2D eigenvalue weighted by Gasteiger charge is -2.23. The van der Waals surface area contributed by atoms with Crippen LogP contribution in [0.5, 0.6) is 5.75 Å². The molecular weight excluding hydrogens is 403 g/mol. The Morgan fingerprint density at radius 1 is 1.25 bits per heavy atom. The second-order valence-electron chi connectivity index (χ2n) is 7.22. The number of carboxylic acids is 1. The molecule has 0 heterocycles. The van der Waals surface area contributed by atoms with E-state index in [2.05, 4.69) is 0 Å². The van der Waals surface area contributed by atoms with E-state index in [0.29, 0.717) is 43.1 Å². The van der Waals surface area contributed by atoms with Crippen molar-refractivity contribution in [1.82, 2.24) is 0 Å². The number of aliphatic hydroxyl groups excluding tert-OH is 2. The van der Waals surface area contributed by atoms with Crippen LogP contribution < -0.4 is 4.74 Å². The van der Waals surface area contributed by atoms with Crippen LogP contribution in [0.4, 0.5) is 0 Å². The van der Waals surface area contributed by atoms with E-state index in [1.165, 1.54) is 0 Å². The third-order valence-electron chi connectivity index (χ3n) is 5.09. The summed E-state index contributed by atoms with van der Waals surface area (Å²) >= 11 is 12.6. The Balaban J connectivity index is 1.91. The number of allylic oxidation sites excluding steroid dienone is 2. The molecular formula is C21H28Cl2O5. The van der Waals surface area contributed by atoms with E-state index in [9.17, 15) is 9.90 Å². The van der Waals surface area contributed by atoms with Gasteiger partial charge in [0.1, 0.15) is 5.75 Å². The molecule has 2 rings (SSSR count). The van der Waals surface area contributed by atoms with E-state index in [1.54, 1.807) is 12.1 Å². The lowest BCUT2D eigenvalue weighted by Crippen LogP contribution is -2.27. The monoisotopic (exact) mass is 430 g/mol. The van der Waals surface area contributed by atoms with Gasteiger partial charge in [0, 0.05) is 29.3 Å². The molecule has 0 bridgehead atoms. The maximum absolute atomic E-state index is 10.5. The van der Waals surface area contributed by atoms with Gasteiger partial charge in [0.05, 0.1) is 12.7 Å². The molecule has 0 aromatic heterocycles. The number of rotatable bonds is 11. The number of alkyl halides is 1. The summed E-state index contributed by atoms with van der Waals surface area (Å²) in [5.41, 5.74) is 0.896. The quantitative estimate of drug-likeness (QED) is 0.280. The van der Waals surface area contributed by atoms with Gasteiger partial charge in [0.2, 0.25) is 0 Å². The van der Waals surface area contributed by atoms with Crippen LogP contribution in [0.15, 0.2) is 30.4 Å². The Hall–Kier alpha value is -1.27. The van der Waals surface area contributed by atoms with Crippen LogP contribution in [-0.2, 0) is 11.2 Å². The van der Waals surface area contributed by atoms with E-state index >= 15 is 0 Å². The smallest absolute Gasteiger partial charge is 0.303 e. The summed E-state index contributed by atoms with van der Waals surface area (Å²) in [6.07, 6.45) is 6.71. The number of halogens is 2. The Morgan fingerprint density at radius 3 is 2.75 bits per heavy atom. The zero-order valence-electron chi connectivity index (χ0n) is 15.8. The molecule has 0 spiro atoms. The average molecular weight is 431 g/mol. The van der Waals surface area contributed by atoms with E-state index in [4.69, 9.17) is 38.2 Å². The van der Waals surface area contributed by atoms with Gasteiger partial charge in [-0.2, -0.15) is 0 Å². The molecule has 1 aromatic carbocycles. The van der Waals surface area contributed by atoms with E-state index in [-0.39, 0.29) is 30.2 Å². The predicted octanol–water partition coefficient (Wildman–Crippen LogP) is 4.06. The fraction of sp³-hybridized carbons (Fsp3) is 0.571. The molecule has 1 aliphatic rings. The number of benzene rings is 1. The second kappa shape index (κ2) is 11.7. The van der Waals surface area contributed by atoms with Crippen molar-refractivity contribution in [2.45, 2.75) is 50.0 Å². The maximum Gasteiger partial charge on any atom is 0.303 e. The van der Waals surface area contributed by atoms with Gasteiger partial charge in [-0.1, -0.05) is 23.8 Å². The molecule has 5 nitrogen and oxygen atoms in total. The van der Waals surface area contributed by atoms with Gasteiger partial charge in [-0.15, -0.1) is 11.6 Å². The number of hydrogen-bond acceptors (Lipinski definition) is 4. The summed E-state index contributed by atoms with van der Waals surface area (Å²) in [5.74, 6) is -0.174. The van der Waals surface area contributed by atoms with Crippen LogP contribution in [0.3, 0.4) is 0 Å². The normalized spacial score (nSPS) is 24.7. The van der Waals surface area contributed by atoms with Crippen molar-refractivity contribution in [2.24, 2.45) is 11.8 Å². The fourth-order valence-electron chi connectivity index (χ4n) is 3.60. The van der Waals surface area contributed by atoms with E-state index < -0.39 is 12.1 Å². The molecule has 1 aliphatic carbocycles. The largest absolute Gasteiger partial charge is 0.493 e. The fourth-order valence-corrected chi connectivity index (χ4v) is 4.32. The number of unbranched alkanes of at least 4 members (excludes halogenated alkanes) is 1. The van der Waals surface area contributed by atoms with Crippen molar-refractivity contribution < 1.29 is 24.9 Å².